The van der Waals surface area contributed by atoms with E-state index in [1.807, 2.05) is 36.9 Å². The van der Waals surface area contributed by atoms with E-state index in [0.29, 0.717) is 18.9 Å². The zero-order valence-electron chi connectivity index (χ0n) is 15.6. The van der Waals surface area contributed by atoms with Gasteiger partial charge in [0.25, 0.3) is 0 Å². The summed E-state index contributed by atoms with van der Waals surface area (Å²) in [7, 11) is 1.81. The molecule has 0 unspecified atom stereocenters. The Labute approximate surface area is 158 Å². The summed E-state index contributed by atoms with van der Waals surface area (Å²) in [6.07, 6.45) is 11.2. The van der Waals surface area contributed by atoms with Crippen LogP contribution >= 0.6 is 0 Å². The second kappa shape index (κ2) is 8.93. The van der Waals surface area contributed by atoms with Gasteiger partial charge >= 0.3 is 6.03 Å². The lowest BCUT2D eigenvalue weighted by Crippen LogP contribution is -2.42. The highest BCUT2D eigenvalue weighted by Crippen LogP contribution is 2.10. The Morgan fingerprint density at radius 2 is 2.07 bits per heavy atom. The Morgan fingerprint density at radius 3 is 2.74 bits per heavy atom. The van der Waals surface area contributed by atoms with Crippen LogP contribution in [-0.2, 0) is 20.1 Å². The van der Waals surface area contributed by atoms with E-state index in [0.717, 1.165) is 18.5 Å². The van der Waals surface area contributed by atoms with Crippen LogP contribution in [0.2, 0.25) is 0 Å². The van der Waals surface area contributed by atoms with Crippen LogP contribution in [0.25, 0.3) is 0 Å². The van der Waals surface area contributed by atoms with Crippen LogP contribution in [0.4, 0.5) is 4.79 Å². The zero-order chi connectivity index (χ0) is 19.1. The minimum Gasteiger partial charge on any atom is -0.337 e. The summed E-state index contributed by atoms with van der Waals surface area (Å²) in [5, 5.41) is 7.08. The molecule has 3 aromatic heterocycles. The molecule has 0 aliphatic rings. The average molecular weight is 368 g/mol. The van der Waals surface area contributed by atoms with Crippen LogP contribution < -0.4 is 5.32 Å². The predicted molar refractivity (Wildman–Crippen MR) is 99.4 cm³/mol. The van der Waals surface area contributed by atoms with Gasteiger partial charge in [-0.05, 0) is 31.0 Å². The number of hydrogen-bond donors (Lipinski definition) is 1. The van der Waals surface area contributed by atoms with Crippen LogP contribution in [0.15, 0.2) is 49.6 Å². The first-order valence-corrected chi connectivity index (χ1v) is 8.87. The topological polar surface area (TPSA) is 93.8 Å². The van der Waals surface area contributed by atoms with Gasteiger partial charge in [0, 0.05) is 51.5 Å². The van der Waals surface area contributed by atoms with Crippen LogP contribution in [0.3, 0.4) is 0 Å². The quantitative estimate of drug-likeness (QED) is 0.654. The highest BCUT2D eigenvalue weighted by atomic mass is 16.2. The molecule has 0 radical (unpaired) electrons. The molecule has 2 amide bonds. The molecule has 0 bridgehead atoms. The third kappa shape index (κ3) is 5.13. The van der Waals surface area contributed by atoms with Crippen molar-refractivity contribution in [2.45, 2.75) is 32.5 Å². The van der Waals surface area contributed by atoms with E-state index in [4.69, 9.17) is 0 Å². The third-order valence-electron chi connectivity index (χ3n) is 4.29. The summed E-state index contributed by atoms with van der Waals surface area (Å²) < 4.78 is 3.67. The number of imidazole rings is 1. The first-order valence-electron chi connectivity index (χ1n) is 8.87. The van der Waals surface area contributed by atoms with Crippen LogP contribution in [0.1, 0.15) is 30.8 Å². The maximum absolute atomic E-state index is 12.9. The number of amides is 2. The predicted octanol–water partition coefficient (Wildman–Crippen LogP) is 1.77. The fourth-order valence-corrected chi connectivity index (χ4v) is 2.86. The molecular formula is C18H24N8O. The molecule has 0 fully saturated rings. The molecule has 27 heavy (non-hydrogen) atoms. The molecule has 0 spiro atoms. The highest BCUT2D eigenvalue weighted by Gasteiger charge is 2.19. The molecular weight excluding hydrogens is 344 g/mol. The van der Waals surface area contributed by atoms with E-state index >= 15 is 0 Å². The minimum atomic E-state index is -0.237. The van der Waals surface area contributed by atoms with Gasteiger partial charge in [0.2, 0.25) is 0 Å². The molecule has 1 atom stereocenters. The number of urea groups is 1. The van der Waals surface area contributed by atoms with Crippen molar-refractivity contribution in [3.8, 4) is 0 Å². The van der Waals surface area contributed by atoms with Crippen LogP contribution in [0, 0.1) is 0 Å². The van der Waals surface area contributed by atoms with E-state index in [2.05, 4.69) is 25.4 Å². The number of carbonyl (C=O) groups is 1. The Kier molecular flexibility index (Phi) is 6.14. The summed E-state index contributed by atoms with van der Waals surface area (Å²) in [4.78, 5) is 27.0. The maximum Gasteiger partial charge on any atom is 0.318 e. The highest BCUT2D eigenvalue weighted by molar-refractivity contribution is 5.74. The maximum atomic E-state index is 12.9. The molecule has 142 valence electrons. The molecule has 3 rings (SSSR count). The number of rotatable bonds is 8. The van der Waals surface area contributed by atoms with Crippen molar-refractivity contribution >= 4 is 6.03 Å². The second-order valence-electron chi connectivity index (χ2n) is 6.34. The lowest BCUT2D eigenvalue weighted by molar-refractivity contribution is 0.189. The number of carbonyl (C=O) groups excluding carboxylic acids is 1. The van der Waals surface area contributed by atoms with Gasteiger partial charge in [0.1, 0.15) is 12.2 Å². The monoisotopic (exact) mass is 368 g/mol. The lowest BCUT2D eigenvalue weighted by atomic mass is 10.2. The van der Waals surface area contributed by atoms with Gasteiger partial charge in [0.15, 0.2) is 0 Å². The zero-order valence-corrected chi connectivity index (χ0v) is 15.6. The van der Waals surface area contributed by atoms with Crippen molar-refractivity contribution in [2.24, 2.45) is 7.05 Å². The second-order valence-corrected chi connectivity index (χ2v) is 6.34. The van der Waals surface area contributed by atoms with Gasteiger partial charge in [-0.15, -0.1) is 0 Å². The van der Waals surface area contributed by atoms with E-state index < -0.39 is 0 Å². The number of aromatic nitrogens is 6. The minimum absolute atomic E-state index is 0.132. The van der Waals surface area contributed by atoms with E-state index in [1.165, 1.54) is 6.33 Å². The summed E-state index contributed by atoms with van der Waals surface area (Å²) in [5.41, 5.74) is 1.04. The van der Waals surface area contributed by atoms with Gasteiger partial charge in [-0.25, -0.2) is 14.8 Å². The Bertz CT molecular complexity index is 830. The van der Waals surface area contributed by atoms with Crippen LogP contribution in [0.5, 0.6) is 0 Å². The molecule has 0 saturated carbocycles. The molecule has 0 aliphatic carbocycles. The number of pyridine rings is 1. The van der Waals surface area contributed by atoms with Gasteiger partial charge < -0.3 is 14.8 Å². The molecule has 0 saturated heterocycles. The molecule has 3 aromatic rings. The normalized spacial score (nSPS) is 11.9. The summed E-state index contributed by atoms with van der Waals surface area (Å²) in [5.74, 6) is 0.714. The smallest absolute Gasteiger partial charge is 0.318 e. The van der Waals surface area contributed by atoms with Gasteiger partial charge in [-0.2, -0.15) is 5.10 Å². The number of nitrogens with one attached hydrogen (secondary N) is 1. The third-order valence-corrected chi connectivity index (χ3v) is 4.29. The molecule has 0 aromatic carbocycles. The van der Waals surface area contributed by atoms with E-state index in [9.17, 15) is 4.79 Å². The number of hydrogen-bond acceptors (Lipinski definition) is 5. The van der Waals surface area contributed by atoms with E-state index in [-0.39, 0.29) is 12.1 Å². The first kappa shape index (κ1) is 18.6. The van der Waals surface area contributed by atoms with Gasteiger partial charge in [-0.1, -0.05) is 0 Å². The first-order chi connectivity index (χ1) is 13.1. The average Bonchev–Trinajstić information content (AvgIpc) is 3.33. The number of aryl methyl sites for hydroxylation is 2. The Morgan fingerprint density at radius 1 is 1.26 bits per heavy atom. The summed E-state index contributed by atoms with van der Waals surface area (Å²) in [6.45, 7) is 3.85. The molecule has 9 nitrogen and oxygen atoms in total. The van der Waals surface area contributed by atoms with Crippen molar-refractivity contribution in [3.05, 3.63) is 61.0 Å². The Hall–Kier alpha value is -3.23. The fraction of sp³-hybridized carbons (Fsp3) is 0.389. The molecule has 1 N–H and O–H groups in total. The fourth-order valence-electron chi connectivity index (χ4n) is 2.86. The SMILES string of the molecule is C[C@@H](NC(=O)N(CCCn1ccnc1)Cc1ccncc1)c1ncnn1C. The standard InChI is InChI=1S/C18H24N8O/c1-15(17-21-13-22-24(17)2)23-18(27)26(12-16-4-6-19-7-5-16)10-3-9-25-11-8-20-14-25/h4-8,11,13-15H,3,9-10,12H2,1-2H3,(H,23,27)/t15-/m1/s1. The van der Waals surface area contributed by atoms with Crippen molar-refractivity contribution < 1.29 is 4.79 Å². The van der Waals surface area contributed by atoms with Crippen molar-refractivity contribution in [2.75, 3.05) is 6.54 Å². The summed E-state index contributed by atoms with van der Waals surface area (Å²) in [6, 6.07) is 3.47. The largest absolute Gasteiger partial charge is 0.337 e. The van der Waals surface area contributed by atoms with Crippen molar-refractivity contribution in [1.29, 1.82) is 0 Å². The van der Waals surface area contributed by atoms with E-state index in [1.54, 1.807) is 34.5 Å². The van der Waals surface area contributed by atoms with Gasteiger partial charge in [0.05, 0.1) is 12.4 Å². The summed E-state index contributed by atoms with van der Waals surface area (Å²) >= 11 is 0. The van der Waals surface area contributed by atoms with Crippen molar-refractivity contribution in [3.63, 3.8) is 0 Å². The lowest BCUT2D eigenvalue weighted by Gasteiger charge is -2.25. The Balaban J connectivity index is 1.63. The van der Waals surface area contributed by atoms with Crippen LogP contribution in [-0.4, -0.2) is 46.8 Å². The van der Waals surface area contributed by atoms with Gasteiger partial charge in [-0.3, -0.25) is 9.67 Å². The molecule has 3 heterocycles. The number of nitrogens with zero attached hydrogens (tertiary/aromatic N) is 7. The molecule has 0 aliphatic heterocycles. The van der Waals surface area contributed by atoms with Crippen molar-refractivity contribution in [1.82, 2.24) is 39.5 Å². The molecule has 9 heteroatoms.